The number of nitrogens with zero attached hydrogens (tertiary/aromatic N) is 1. The van der Waals surface area contributed by atoms with Gasteiger partial charge in [0, 0.05) is 41.8 Å². The van der Waals surface area contributed by atoms with Gasteiger partial charge in [0.25, 0.3) is 0 Å². The number of para-hydroxylation sites is 1. The van der Waals surface area contributed by atoms with Crippen molar-refractivity contribution in [1.29, 1.82) is 0 Å². The average Bonchev–Trinajstić information content (AvgIpc) is 3.35. The van der Waals surface area contributed by atoms with E-state index in [0.717, 1.165) is 28.0 Å². The number of rotatable bonds is 5. The summed E-state index contributed by atoms with van der Waals surface area (Å²) in [4.78, 5) is 25.4. The maximum atomic E-state index is 14.4. The number of hydrogen-bond donors (Lipinski definition) is 1. The van der Waals surface area contributed by atoms with Crippen LogP contribution in [-0.4, -0.2) is 35.5 Å². The largest absolute Gasteiger partial charge is 0.493 e. The molecule has 0 radical (unpaired) electrons. The highest BCUT2D eigenvalue weighted by Gasteiger charge is 2.33. The lowest BCUT2D eigenvalue weighted by Gasteiger charge is -2.18. The van der Waals surface area contributed by atoms with Crippen LogP contribution in [0.5, 0.6) is 5.75 Å². The molecule has 5 rings (SSSR count). The summed E-state index contributed by atoms with van der Waals surface area (Å²) >= 11 is 0. The molecular weight excluding hydrogens is 413 g/mol. The molecule has 0 aliphatic carbocycles. The van der Waals surface area contributed by atoms with Crippen molar-refractivity contribution in [1.82, 2.24) is 4.90 Å². The van der Waals surface area contributed by atoms with E-state index in [4.69, 9.17) is 14.3 Å². The number of fused-ring (bicyclic) bond motifs is 3. The van der Waals surface area contributed by atoms with Crippen LogP contribution in [0, 0.1) is 5.82 Å². The zero-order valence-corrected chi connectivity index (χ0v) is 17.3. The minimum absolute atomic E-state index is 0.0755. The number of carboxylic acids is 1. The van der Waals surface area contributed by atoms with Crippen LogP contribution < -0.4 is 4.74 Å². The molecule has 3 aromatic carbocycles. The van der Waals surface area contributed by atoms with Crippen molar-refractivity contribution in [3.8, 4) is 5.75 Å². The fourth-order valence-electron chi connectivity index (χ4n) is 4.48. The zero-order chi connectivity index (χ0) is 22.4. The Kier molecular flexibility index (Phi) is 4.81. The van der Waals surface area contributed by atoms with E-state index in [1.165, 1.54) is 12.1 Å². The minimum atomic E-state index is -1.19. The van der Waals surface area contributed by atoms with E-state index in [1.807, 2.05) is 36.4 Å². The molecule has 1 fully saturated rings. The van der Waals surface area contributed by atoms with Crippen molar-refractivity contribution >= 4 is 33.8 Å². The van der Waals surface area contributed by atoms with Gasteiger partial charge in [-0.2, -0.15) is 0 Å². The fourth-order valence-corrected chi connectivity index (χ4v) is 4.48. The third-order valence-corrected chi connectivity index (χ3v) is 6.06. The van der Waals surface area contributed by atoms with Crippen LogP contribution >= 0.6 is 0 Å². The van der Waals surface area contributed by atoms with Crippen molar-refractivity contribution in [3.05, 3.63) is 77.1 Å². The van der Waals surface area contributed by atoms with E-state index in [0.29, 0.717) is 24.3 Å². The molecule has 32 heavy (non-hydrogen) atoms. The summed E-state index contributed by atoms with van der Waals surface area (Å²) in [6.07, 6.45) is 0.301. The van der Waals surface area contributed by atoms with Gasteiger partial charge < -0.3 is 19.2 Å². The molecule has 1 saturated heterocycles. The molecule has 6 nitrogen and oxygen atoms in total. The molecule has 1 N–H and O–H groups in total. The van der Waals surface area contributed by atoms with E-state index in [1.54, 1.807) is 12.0 Å². The van der Waals surface area contributed by atoms with Crippen LogP contribution in [-0.2, 0) is 11.3 Å². The summed E-state index contributed by atoms with van der Waals surface area (Å²) in [5, 5.41) is 10.9. The van der Waals surface area contributed by atoms with Gasteiger partial charge in [-0.3, -0.25) is 4.79 Å². The number of carbonyl (C=O) groups is 2. The predicted octanol–water partition coefficient (Wildman–Crippen LogP) is 4.95. The lowest BCUT2D eigenvalue weighted by atomic mass is 9.93. The van der Waals surface area contributed by atoms with Gasteiger partial charge in [-0.15, -0.1) is 0 Å². The van der Waals surface area contributed by atoms with Crippen LogP contribution in [0.15, 0.2) is 59.0 Å². The van der Waals surface area contributed by atoms with Gasteiger partial charge >= 0.3 is 5.97 Å². The Hall–Kier alpha value is -3.87. The van der Waals surface area contributed by atoms with Crippen LogP contribution in [0.25, 0.3) is 21.9 Å². The van der Waals surface area contributed by atoms with Crippen LogP contribution in [0.2, 0.25) is 0 Å². The highest BCUT2D eigenvalue weighted by molar-refractivity contribution is 6.09. The third-order valence-electron chi connectivity index (χ3n) is 6.06. The third kappa shape index (κ3) is 3.26. The Morgan fingerprint density at radius 1 is 1.22 bits per heavy atom. The maximum Gasteiger partial charge on any atom is 0.335 e. The molecule has 1 amide bonds. The Balaban J connectivity index is 1.49. The Morgan fingerprint density at radius 3 is 2.78 bits per heavy atom. The topological polar surface area (TPSA) is 80.0 Å². The SMILES string of the molecule is COc1ccc(C2CC(=O)N(Cc3ccc(C(=O)O)cc3F)C2)c2c1oc1ccccc12. The van der Waals surface area contributed by atoms with Crippen LogP contribution in [0.1, 0.15) is 33.8 Å². The lowest BCUT2D eigenvalue weighted by molar-refractivity contribution is -0.128. The minimum Gasteiger partial charge on any atom is -0.493 e. The molecule has 0 saturated carbocycles. The number of likely N-dealkylation sites (tertiary alicyclic amines) is 1. The number of methoxy groups -OCH3 is 1. The van der Waals surface area contributed by atoms with E-state index in [2.05, 4.69) is 0 Å². The molecule has 1 atom stereocenters. The first-order valence-corrected chi connectivity index (χ1v) is 10.2. The molecule has 1 aromatic heterocycles. The first-order valence-electron chi connectivity index (χ1n) is 10.2. The number of hydrogen-bond acceptors (Lipinski definition) is 4. The molecule has 0 bridgehead atoms. The number of carbonyl (C=O) groups excluding carboxylic acids is 1. The molecule has 7 heteroatoms. The van der Waals surface area contributed by atoms with E-state index < -0.39 is 11.8 Å². The van der Waals surface area contributed by atoms with Crippen molar-refractivity contribution in [2.45, 2.75) is 18.9 Å². The van der Waals surface area contributed by atoms with Gasteiger partial charge in [-0.1, -0.05) is 30.3 Å². The smallest absolute Gasteiger partial charge is 0.335 e. The first-order chi connectivity index (χ1) is 15.5. The van der Waals surface area contributed by atoms with Gasteiger partial charge in [0.15, 0.2) is 11.3 Å². The quantitative estimate of drug-likeness (QED) is 0.482. The monoisotopic (exact) mass is 433 g/mol. The van der Waals surface area contributed by atoms with E-state index in [-0.39, 0.29) is 29.5 Å². The summed E-state index contributed by atoms with van der Waals surface area (Å²) in [5.41, 5.74) is 2.55. The summed E-state index contributed by atoms with van der Waals surface area (Å²) in [7, 11) is 1.59. The number of carboxylic acid groups (broad SMARTS) is 1. The second-order valence-electron chi connectivity index (χ2n) is 7.95. The van der Waals surface area contributed by atoms with Crippen molar-refractivity contribution < 1.29 is 28.2 Å². The Bertz CT molecular complexity index is 1380. The standard InChI is InChI=1S/C25H20FNO5/c1-31-21-9-8-17(23-18-4-2-3-5-20(18)32-24(21)23)16-11-22(28)27(13-16)12-15-7-6-14(25(29)30)10-19(15)26/h2-10,16H,11-13H2,1H3,(H,29,30). The Labute approximate surface area is 182 Å². The van der Waals surface area contributed by atoms with E-state index >= 15 is 0 Å². The normalized spacial score (nSPS) is 16.2. The molecule has 1 unspecified atom stereocenters. The lowest BCUT2D eigenvalue weighted by Crippen LogP contribution is -2.25. The van der Waals surface area contributed by atoms with Crippen molar-refractivity contribution in [2.75, 3.05) is 13.7 Å². The zero-order valence-electron chi connectivity index (χ0n) is 17.3. The van der Waals surface area contributed by atoms with Crippen LogP contribution in [0.3, 0.4) is 0 Å². The number of furan rings is 1. The number of ether oxygens (including phenoxy) is 1. The highest BCUT2D eigenvalue weighted by atomic mass is 19.1. The maximum absolute atomic E-state index is 14.4. The highest BCUT2D eigenvalue weighted by Crippen LogP contribution is 2.42. The van der Waals surface area contributed by atoms with Gasteiger partial charge in [0.2, 0.25) is 5.91 Å². The van der Waals surface area contributed by atoms with Gasteiger partial charge in [0.1, 0.15) is 11.4 Å². The van der Waals surface area contributed by atoms with Crippen molar-refractivity contribution in [2.24, 2.45) is 0 Å². The second kappa shape index (κ2) is 7.67. The molecule has 162 valence electrons. The number of amides is 1. The van der Waals surface area contributed by atoms with Gasteiger partial charge in [-0.25, -0.2) is 9.18 Å². The average molecular weight is 433 g/mol. The molecule has 0 spiro atoms. The van der Waals surface area contributed by atoms with Gasteiger partial charge in [-0.05, 0) is 29.8 Å². The number of halogens is 1. The summed E-state index contributed by atoms with van der Waals surface area (Å²) in [6.45, 7) is 0.520. The fraction of sp³-hybridized carbons (Fsp3) is 0.200. The second-order valence-corrected chi connectivity index (χ2v) is 7.95. The van der Waals surface area contributed by atoms with Crippen molar-refractivity contribution in [3.63, 3.8) is 0 Å². The number of benzene rings is 3. The molecule has 4 aromatic rings. The molecule has 1 aliphatic heterocycles. The summed E-state index contributed by atoms with van der Waals surface area (Å²) in [5.74, 6) is -1.36. The summed E-state index contributed by atoms with van der Waals surface area (Å²) < 4.78 is 25.9. The molecule has 1 aliphatic rings. The van der Waals surface area contributed by atoms with E-state index in [9.17, 15) is 14.0 Å². The number of aromatic carboxylic acids is 1. The molecular formula is C25H20FNO5. The Morgan fingerprint density at radius 2 is 2.03 bits per heavy atom. The van der Waals surface area contributed by atoms with Crippen LogP contribution in [0.4, 0.5) is 4.39 Å². The summed E-state index contributed by atoms with van der Waals surface area (Å²) in [6, 6.07) is 15.3. The van der Waals surface area contributed by atoms with Gasteiger partial charge in [0.05, 0.1) is 12.7 Å². The first kappa shape index (κ1) is 20.1. The predicted molar refractivity (Wildman–Crippen MR) is 116 cm³/mol. The molecule has 2 heterocycles.